The van der Waals surface area contributed by atoms with Crippen molar-refractivity contribution < 1.29 is 9.47 Å². The molecule has 0 radical (unpaired) electrons. The fourth-order valence-electron chi connectivity index (χ4n) is 2.11. The number of nitrogens with zero attached hydrogens (tertiary/aromatic N) is 3. The Morgan fingerprint density at radius 3 is 2.59 bits per heavy atom. The Morgan fingerprint density at radius 1 is 1.05 bits per heavy atom. The molecule has 0 unspecified atom stereocenters. The first-order valence-corrected chi connectivity index (χ1v) is 7.22. The Labute approximate surface area is 129 Å². The molecule has 0 spiro atoms. The van der Waals surface area contributed by atoms with Gasteiger partial charge in [-0.25, -0.2) is 9.97 Å². The molecule has 0 fully saturated rings. The minimum absolute atomic E-state index is 0.526. The van der Waals surface area contributed by atoms with Gasteiger partial charge in [-0.2, -0.15) is 4.98 Å². The lowest BCUT2D eigenvalue weighted by atomic mass is 10.2. The standard InChI is InChI=1S/C17H17N3O2/c1-3-11-22-17-15-14(5-4-10-18-15)19-16(20-17)12-6-8-13(21-2)9-7-12/h4-10H,3,11H2,1-2H3. The molecular weight excluding hydrogens is 278 g/mol. The molecule has 5 heteroatoms. The third-order valence-corrected chi connectivity index (χ3v) is 3.21. The molecule has 3 aromatic rings. The first-order valence-electron chi connectivity index (χ1n) is 7.22. The van der Waals surface area contributed by atoms with Crippen LogP contribution < -0.4 is 9.47 Å². The van der Waals surface area contributed by atoms with Crippen molar-refractivity contribution in [3.05, 3.63) is 42.6 Å². The molecule has 3 rings (SSSR count). The smallest absolute Gasteiger partial charge is 0.244 e. The van der Waals surface area contributed by atoms with Gasteiger partial charge in [0.05, 0.1) is 19.2 Å². The van der Waals surface area contributed by atoms with E-state index in [0.717, 1.165) is 23.3 Å². The average molecular weight is 295 g/mol. The van der Waals surface area contributed by atoms with Gasteiger partial charge in [0.2, 0.25) is 5.88 Å². The molecule has 5 nitrogen and oxygen atoms in total. The molecular formula is C17H17N3O2. The monoisotopic (exact) mass is 295 g/mol. The molecule has 0 atom stereocenters. The molecule has 1 aromatic carbocycles. The van der Waals surface area contributed by atoms with Crippen LogP contribution in [0.15, 0.2) is 42.6 Å². The van der Waals surface area contributed by atoms with E-state index in [4.69, 9.17) is 9.47 Å². The quantitative estimate of drug-likeness (QED) is 0.721. The fourth-order valence-corrected chi connectivity index (χ4v) is 2.11. The van der Waals surface area contributed by atoms with Gasteiger partial charge < -0.3 is 9.47 Å². The van der Waals surface area contributed by atoms with Crippen molar-refractivity contribution in [3.63, 3.8) is 0 Å². The van der Waals surface area contributed by atoms with Crippen molar-refractivity contribution in [1.82, 2.24) is 15.0 Å². The average Bonchev–Trinajstić information content (AvgIpc) is 2.59. The predicted molar refractivity (Wildman–Crippen MR) is 85.1 cm³/mol. The van der Waals surface area contributed by atoms with Gasteiger partial charge in [-0.1, -0.05) is 6.92 Å². The molecule has 0 aliphatic rings. The van der Waals surface area contributed by atoms with Crippen molar-refractivity contribution in [2.24, 2.45) is 0 Å². The molecule has 2 heterocycles. The molecule has 0 aliphatic heterocycles. The van der Waals surface area contributed by atoms with Gasteiger partial charge in [-0.15, -0.1) is 0 Å². The topological polar surface area (TPSA) is 57.1 Å². The van der Waals surface area contributed by atoms with Gasteiger partial charge in [-0.05, 0) is 42.8 Å². The van der Waals surface area contributed by atoms with E-state index >= 15 is 0 Å². The van der Waals surface area contributed by atoms with Crippen LogP contribution in [0.1, 0.15) is 13.3 Å². The summed E-state index contributed by atoms with van der Waals surface area (Å²) >= 11 is 0. The maximum absolute atomic E-state index is 5.74. The second-order valence-corrected chi connectivity index (χ2v) is 4.80. The van der Waals surface area contributed by atoms with Crippen LogP contribution in [0.3, 0.4) is 0 Å². The van der Waals surface area contributed by atoms with E-state index in [1.54, 1.807) is 13.3 Å². The normalized spacial score (nSPS) is 10.6. The second-order valence-electron chi connectivity index (χ2n) is 4.80. The number of hydrogen-bond donors (Lipinski definition) is 0. The highest BCUT2D eigenvalue weighted by Crippen LogP contribution is 2.26. The summed E-state index contributed by atoms with van der Waals surface area (Å²) in [4.78, 5) is 13.4. The first-order chi connectivity index (χ1) is 10.8. The summed E-state index contributed by atoms with van der Waals surface area (Å²) in [6, 6.07) is 11.4. The van der Waals surface area contributed by atoms with Gasteiger partial charge in [0, 0.05) is 11.8 Å². The zero-order valence-electron chi connectivity index (χ0n) is 12.6. The third-order valence-electron chi connectivity index (χ3n) is 3.21. The predicted octanol–water partition coefficient (Wildman–Crippen LogP) is 3.49. The largest absolute Gasteiger partial charge is 0.497 e. The Kier molecular flexibility index (Phi) is 4.14. The Balaban J connectivity index is 2.08. The van der Waals surface area contributed by atoms with Crippen molar-refractivity contribution in [1.29, 1.82) is 0 Å². The maximum atomic E-state index is 5.74. The number of benzene rings is 1. The van der Waals surface area contributed by atoms with Crippen LogP contribution in [0.5, 0.6) is 11.6 Å². The lowest BCUT2D eigenvalue weighted by Gasteiger charge is -2.09. The van der Waals surface area contributed by atoms with E-state index in [1.807, 2.05) is 36.4 Å². The maximum Gasteiger partial charge on any atom is 0.244 e. The van der Waals surface area contributed by atoms with Crippen LogP contribution in [0.2, 0.25) is 0 Å². The lowest BCUT2D eigenvalue weighted by Crippen LogP contribution is -2.02. The van der Waals surface area contributed by atoms with Crippen molar-refractivity contribution in [2.75, 3.05) is 13.7 Å². The summed E-state index contributed by atoms with van der Waals surface area (Å²) < 4.78 is 10.9. The highest BCUT2D eigenvalue weighted by atomic mass is 16.5. The summed E-state index contributed by atoms with van der Waals surface area (Å²) in [7, 11) is 1.64. The minimum atomic E-state index is 0.526. The zero-order chi connectivity index (χ0) is 15.4. The number of ether oxygens (including phenoxy) is 2. The molecule has 0 N–H and O–H groups in total. The van der Waals surface area contributed by atoms with E-state index in [1.165, 1.54) is 0 Å². The molecule has 0 saturated carbocycles. The van der Waals surface area contributed by atoms with Crippen molar-refractivity contribution in [2.45, 2.75) is 13.3 Å². The van der Waals surface area contributed by atoms with Crippen LogP contribution in [-0.4, -0.2) is 28.7 Å². The third kappa shape index (κ3) is 2.83. The van der Waals surface area contributed by atoms with Crippen LogP contribution in [-0.2, 0) is 0 Å². The lowest BCUT2D eigenvalue weighted by molar-refractivity contribution is 0.308. The van der Waals surface area contributed by atoms with Crippen LogP contribution in [0, 0.1) is 0 Å². The molecule has 0 amide bonds. The number of rotatable bonds is 5. The molecule has 0 saturated heterocycles. The zero-order valence-corrected chi connectivity index (χ0v) is 12.6. The molecule has 112 valence electrons. The van der Waals surface area contributed by atoms with E-state index in [9.17, 15) is 0 Å². The number of pyridine rings is 1. The fraction of sp³-hybridized carbons (Fsp3) is 0.235. The van der Waals surface area contributed by atoms with Crippen LogP contribution >= 0.6 is 0 Å². The number of fused-ring (bicyclic) bond motifs is 1. The number of aromatic nitrogens is 3. The number of hydrogen-bond acceptors (Lipinski definition) is 5. The highest BCUT2D eigenvalue weighted by Gasteiger charge is 2.11. The number of methoxy groups -OCH3 is 1. The van der Waals surface area contributed by atoms with Crippen molar-refractivity contribution in [3.8, 4) is 23.0 Å². The Hall–Kier alpha value is -2.69. The van der Waals surface area contributed by atoms with Gasteiger partial charge >= 0.3 is 0 Å². The molecule has 0 bridgehead atoms. The van der Waals surface area contributed by atoms with Gasteiger partial charge in [-0.3, -0.25) is 0 Å². The highest BCUT2D eigenvalue weighted by molar-refractivity contribution is 5.81. The van der Waals surface area contributed by atoms with Crippen LogP contribution in [0.25, 0.3) is 22.4 Å². The van der Waals surface area contributed by atoms with E-state index in [0.29, 0.717) is 23.8 Å². The molecule has 2 aromatic heterocycles. The first kappa shape index (κ1) is 14.3. The Morgan fingerprint density at radius 2 is 1.86 bits per heavy atom. The van der Waals surface area contributed by atoms with Gasteiger partial charge in [0.15, 0.2) is 11.3 Å². The Bertz CT molecular complexity index is 772. The summed E-state index contributed by atoms with van der Waals surface area (Å²) in [5.74, 6) is 1.95. The van der Waals surface area contributed by atoms with E-state index in [2.05, 4.69) is 21.9 Å². The second kappa shape index (κ2) is 6.39. The summed E-state index contributed by atoms with van der Waals surface area (Å²) in [6.45, 7) is 2.66. The van der Waals surface area contributed by atoms with E-state index < -0.39 is 0 Å². The minimum Gasteiger partial charge on any atom is -0.497 e. The van der Waals surface area contributed by atoms with Crippen molar-refractivity contribution >= 4 is 11.0 Å². The SMILES string of the molecule is CCCOc1nc(-c2ccc(OC)cc2)nc2cccnc12. The molecule has 0 aliphatic carbocycles. The van der Waals surface area contributed by atoms with Gasteiger partial charge in [0.1, 0.15) is 5.75 Å². The summed E-state index contributed by atoms with van der Waals surface area (Å²) in [5.41, 5.74) is 2.37. The molecule has 22 heavy (non-hydrogen) atoms. The van der Waals surface area contributed by atoms with E-state index in [-0.39, 0.29) is 0 Å². The van der Waals surface area contributed by atoms with Gasteiger partial charge in [0.25, 0.3) is 0 Å². The summed E-state index contributed by atoms with van der Waals surface area (Å²) in [6.07, 6.45) is 2.63. The summed E-state index contributed by atoms with van der Waals surface area (Å²) in [5, 5.41) is 0. The van der Waals surface area contributed by atoms with Crippen LogP contribution in [0.4, 0.5) is 0 Å².